The van der Waals surface area contributed by atoms with E-state index in [-0.39, 0.29) is 17.7 Å². The quantitative estimate of drug-likeness (QED) is 0.792. The van der Waals surface area contributed by atoms with Crippen molar-refractivity contribution in [3.8, 4) is 0 Å². The fourth-order valence-corrected chi connectivity index (χ4v) is 5.30. The van der Waals surface area contributed by atoms with Crippen LogP contribution >= 0.6 is 11.8 Å². The van der Waals surface area contributed by atoms with Gasteiger partial charge in [0.1, 0.15) is 6.04 Å². The number of rotatable bonds is 5. The molecule has 0 bridgehead atoms. The molecule has 0 radical (unpaired) electrons. The van der Waals surface area contributed by atoms with E-state index in [1.165, 1.54) is 11.8 Å². The minimum Gasteiger partial charge on any atom is -0.352 e. The van der Waals surface area contributed by atoms with Crippen molar-refractivity contribution < 1.29 is 26.4 Å². The maximum absolute atomic E-state index is 13.3. The van der Waals surface area contributed by atoms with E-state index in [1.54, 1.807) is 6.92 Å². The van der Waals surface area contributed by atoms with Crippen molar-refractivity contribution >= 4 is 27.7 Å². The lowest BCUT2D eigenvalue weighted by molar-refractivity contribution is -0.124. The molecule has 1 aliphatic rings. The SMILES string of the molecule is CC[C@@H](C)NC(=O)[C@H]1CSCN1S(=O)(=O)c1cc(F)c(F)c(F)c1. The van der Waals surface area contributed by atoms with E-state index in [0.29, 0.717) is 18.6 Å². The van der Waals surface area contributed by atoms with Crippen LogP contribution in [-0.2, 0) is 14.8 Å². The zero-order valence-electron chi connectivity index (χ0n) is 13.1. The largest absolute Gasteiger partial charge is 0.352 e. The standard InChI is InChI=1S/C14H17F3N2O3S2/c1-3-8(2)18-14(20)12-6-23-7-19(12)24(21,22)9-4-10(15)13(17)11(16)5-9/h4-5,8,12H,3,6-7H2,1-2H3,(H,18,20)/t8-,12-/m1/s1. The molecule has 5 nitrogen and oxygen atoms in total. The average molecular weight is 382 g/mol. The van der Waals surface area contributed by atoms with Gasteiger partial charge in [0, 0.05) is 11.8 Å². The number of hydrogen-bond donors (Lipinski definition) is 1. The fourth-order valence-electron chi connectivity index (χ4n) is 2.13. The van der Waals surface area contributed by atoms with Crippen molar-refractivity contribution in [3.63, 3.8) is 0 Å². The minimum atomic E-state index is -4.33. The first-order valence-corrected chi connectivity index (χ1v) is 9.82. The summed E-state index contributed by atoms with van der Waals surface area (Å²) in [6, 6.07) is -0.278. The molecule has 2 rings (SSSR count). The predicted molar refractivity (Wildman–Crippen MR) is 84.3 cm³/mol. The number of amides is 1. The number of hydrogen-bond acceptors (Lipinski definition) is 4. The Morgan fingerprint density at radius 3 is 2.50 bits per heavy atom. The lowest BCUT2D eigenvalue weighted by Gasteiger charge is -2.24. The molecule has 1 saturated heterocycles. The molecule has 10 heteroatoms. The van der Waals surface area contributed by atoms with Crippen LogP contribution in [-0.4, -0.2) is 42.3 Å². The van der Waals surface area contributed by atoms with Gasteiger partial charge in [-0.15, -0.1) is 11.8 Å². The normalized spacial score (nSPS) is 20.1. The van der Waals surface area contributed by atoms with Crippen molar-refractivity contribution in [2.45, 2.75) is 37.2 Å². The highest BCUT2D eigenvalue weighted by molar-refractivity contribution is 8.00. The molecule has 0 spiro atoms. The molecular weight excluding hydrogens is 365 g/mol. The molecule has 0 unspecified atom stereocenters. The topological polar surface area (TPSA) is 66.5 Å². The number of nitrogens with one attached hydrogen (secondary N) is 1. The predicted octanol–water partition coefficient (Wildman–Crippen LogP) is 2.08. The van der Waals surface area contributed by atoms with Crippen LogP contribution < -0.4 is 5.32 Å². The van der Waals surface area contributed by atoms with Crippen LogP contribution in [0.15, 0.2) is 17.0 Å². The van der Waals surface area contributed by atoms with E-state index in [1.807, 2.05) is 6.92 Å². The third kappa shape index (κ3) is 3.70. The van der Waals surface area contributed by atoms with Gasteiger partial charge in [0.2, 0.25) is 15.9 Å². The molecule has 1 amide bonds. The van der Waals surface area contributed by atoms with Crippen molar-refractivity contribution in [1.29, 1.82) is 0 Å². The van der Waals surface area contributed by atoms with E-state index in [9.17, 15) is 26.4 Å². The molecule has 134 valence electrons. The van der Waals surface area contributed by atoms with Gasteiger partial charge in [0.25, 0.3) is 0 Å². The summed E-state index contributed by atoms with van der Waals surface area (Å²) in [5.74, 6) is -5.20. The van der Waals surface area contributed by atoms with Crippen molar-refractivity contribution in [1.82, 2.24) is 9.62 Å². The van der Waals surface area contributed by atoms with Gasteiger partial charge in [0.15, 0.2) is 17.5 Å². The number of sulfonamides is 1. The summed E-state index contributed by atoms with van der Waals surface area (Å²) in [5.41, 5.74) is 0. The van der Waals surface area contributed by atoms with Crippen molar-refractivity contribution in [2.24, 2.45) is 0 Å². The van der Waals surface area contributed by atoms with E-state index in [0.717, 1.165) is 4.31 Å². The minimum absolute atomic E-state index is 0.0262. The van der Waals surface area contributed by atoms with Crippen LogP contribution in [0, 0.1) is 17.5 Å². The van der Waals surface area contributed by atoms with E-state index >= 15 is 0 Å². The number of carbonyl (C=O) groups is 1. The van der Waals surface area contributed by atoms with Crippen LogP contribution in [0.2, 0.25) is 0 Å². The Morgan fingerprint density at radius 2 is 1.96 bits per heavy atom. The van der Waals surface area contributed by atoms with Crippen LogP contribution in [0.4, 0.5) is 13.2 Å². The second kappa shape index (κ2) is 7.32. The summed E-state index contributed by atoms with van der Waals surface area (Å²) in [4.78, 5) is 11.5. The highest BCUT2D eigenvalue weighted by Gasteiger charge is 2.40. The Balaban J connectivity index is 2.32. The Kier molecular flexibility index (Phi) is 5.82. The molecular formula is C14H17F3N2O3S2. The summed E-state index contributed by atoms with van der Waals surface area (Å²) in [6.45, 7) is 3.65. The molecule has 1 aliphatic heterocycles. The summed E-state index contributed by atoms with van der Waals surface area (Å²) in [6.07, 6.45) is 0.673. The number of thioether (sulfide) groups is 1. The lowest BCUT2D eigenvalue weighted by Crippen LogP contribution is -2.49. The maximum Gasteiger partial charge on any atom is 0.244 e. The highest BCUT2D eigenvalue weighted by atomic mass is 32.2. The summed E-state index contributed by atoms with van der Waals surface area (Å²) in [7, 11) is -4.33. The first-order chi connectivity index (χ1) is 11.2. The maximum atomic E-state index is 13.3. The van der Waals surface area contributed by atoms with Gasteiger partial charge in [-0.05, 0) is 25.5 Å². The van der Waals surface area contributed by atoms with Gasteiger partial charge in [0.05, 0.1) is 10.8 Å². The molecule has 24 heavy (non-hydrogen) atoms. The second-order valence-corrected chi connectivity index (χ2v) is 8.32. The van der Waals surface area contributed by atoms with Gasteiger partial charge < -0.3 is 5.32 Å². The monoisotopic (exact) mass is 382 g/mol. The van der Waals surface area contributed by atoms with Crippen molar-refractivity contribution in [2.75, 3.05) is 11.6 Å². The van der Waals surface area contributed by atoms with E-state index < -0.39 is 44.3 Å². The zero-order valence-corrected chi connectivity index (χ0v) is 14.7. The van der Waals surface area contributed by atoms with Gasteiger partial charge in [-0.1, -0.05) is 6.92 Å². The number of benzene rings is 1. The molecule has 2 atom stereocenters. The number of carbonyl (C=O) groups excluding carboxylic acids is 1. The third-order valence-electron chi connectivity index (χ3n) is 3.71. The molecule has 1 aromatic carbocycles. The van der Waals surface area contributed by atoms with Crippen molar-refractivity contribution in [3.05, 3.63) is 29.6 Å². The number of nitrogens with zero attached hydrogens (tertiary/aromatic N) is 1. The molecule has 1 fully saturated rings. The third-order valence-corrected chi connectivity index (χ3v) is 6.72. The lowest BCUT2D eigenvalue weighted by atomic mass is 10.2. The first kappa shape index (κ1) is 19.1. The molecule has 0 aromatic heterocycles. The highest BCUT2D eigenvalue weighted by Crippen LogP contribution is 2.29. The van der Waals surface area contributed by atoms with Crippen LogP contribution in [0.25, 0.3) is 0 Å². The Bertz CT molecular complexity index is 720. The molecule has 0 aliphatic carbocycles. The molecule has 0 saturated carbocycles. The van der Waals surface area contributed by atoms with Gasteiger partial charge in [-0.3, -0.25) is 4.79 Å². The molecule has 1 heterocycles. The van der Waals surface area contributed by atoms with Crippen LogP contribution in [0.3, 0.4) is 0 Å². The van der Waals surface area contributed by atoms with E-state index in [4.69, 9.17) is 0 Å². The first-order valence-electron chi connectivity index (χ1n) is 7.23. The van der Waals surface area contributed by atoms with Crippen LogP contribution in [0.5, 0.6) is 0 Å². The second-order valence-electron chi connectivity index (χ2n) is 5.43. The summed E-state index contributed by atoms with van der Waals surface area (Å²) >= 11 is 1.21. The molecule has 1 aromatic rings. The molecule has 1 N–H and O–H groups in total. The smallest absolute Gasteiger partial charge is 0.244 e. The fraction of sp³-hybridized carbons (Fsp3) is 0.500. The summed E-state index contributed by atoms with van der Waals surface area (Å²) < 4.78 is 65.8. The van der Waals surface area contributed by atoms with Gasteiger partial charge in [-0.25, -0.2) is 21.6 Å². The zero-order chi connectivity index (χ0) is 18.1. The Hall–Kier alpha value is -1.26. The Morgan fingerprint density at radius 1 is 1.38 bits per heavy atom. The van der Waals surface area contributed by atoms with E-state index in [2.05, 4.69) is 5.32 Å². The van der Waals surface area contributed by atoms with Gasteiger partial charge >= 0.3 is 0 Å². The van der Waals surface area contributed by atoms with Gasteiger partial charge in [-0.2, -0.15) is 4.31 Å². The number of halogens is 3. The average Bonchev–Trinajstić information content (AvgIpc) is 3.02. The van der Waals surface area contributed by atoms with Crippen LogP contribution in [0.1, 0.15) is 20.3 Å². The Labute approximate surface area is 142 Å². The summed E-state index contributed by atoms with van der Waals surface area (Å²) in [5, 5.41) is 2.69.